The lowest BCUT2D eigenvalue weighted by Crippen LogP contribution is -2.37. The average Bonchev–Trinajstić information content (AvgIpc) is 2.76. The van der Waals surface area contributed by atoms with Gasteiger partial charge in [0.2, 0.25) is 0 Å². The maximum atomic E-state index is 14.6. The van der Waals surface area contributed by atoms with E-state index in [4.69, 9.17) is 0 Å². The largest absolute Gasteiger partial charge is 0.256 e. The summed E-state index contributed by atoms with van der Waals surface area (Å²) < 4.78 is 67.6. The molecule has 8 heteroatoms. The van der Waals surface area contributed by atoms with E-state index in [9.17, 15) is 21.2 Å². The molecule has 31 heavy (non-hydrogen) atoms. The summed E-state index contributed by atoms with van der Waals surface area (Å²) in [5.41, 5.74) is 1.62. The molecule has 0 amide bonds. The molecule has 0 aromatic heterocycles. The Labute approximate surface area is 182 Å². The summed E-state index contributed by atoms with van der Waals surface area (Å²) >= 11 is 0. The van der Waals surface area contributed by atoms with Crippen LogP contribution in [0, 0.1) is 6.92 Å². The third-order valence-electron chi connectivity index (χ3n) is 4.55. The van der Waals surface area contributed by atoms with E-state index in [0.29, 0.717) is 9.27 Å². The second-order valence-electron chi connectivity index (χ2n) is 6.88. The van der Waals surface area contributed by atoms with E-state index in [2.05, 4.69) is 0 Å². The Morgan fingerprint density at radius 3 is 1.68 bits per heavy atom. The molecule has 0 saturated heterocycles. The van der Waals surface area contributed by atoms with Crippen molar-refractivity contribution >= 4 is 26.1 Å². The van der Waals surface area contributed by atoms with E-state index in [0.717, 1.165) is 5.56 Å². The predicted molar refractivity (Wildman–Crippen MR) is 119 cm³/mol. The Hall–Kier alpha value is -2.81. The van der Waals surface area contributed by atoms with E-state index in [-0.39, 0.29) is 9.79 Å². The summed E-state index contributed by atoms with van der Waals surface area (Å²) in [5.74, 6) is -0.625. The second-order valence-corrected chi connectivity index (χ2v) is 10.8. The van der Waals surface area contributed by atoms with Crippen molar-refractivity contribution in [2.75, 3.05) is 6.54 Å². The molecule has 0 bridgehead atoms. The van der Waals surface area contributed by atoms with Crippen LogP contribution in [-0.4, -0.2) is 27.1 Å². The molecule has 0 spiro atoms. The van der Waals surface area contributed by atoms with Crippen molar-refractivity contribution in [1.82, 2.24) is 3.71 Å². The minimum absolute atomic E-state index is 0.183. The summed E-state index contributed by atoms with van der Waals surface area (Å²) in [5, 5.41) is 0. The number of aryl methyl sites for hydroxylation is 1. The number of hydrogen-bond donors (Lipinski definition) is 0. The lowest BCUT2D eigenvalue weighted by Gasteiger charge is -2.22. The molecule has 3 aromatic rings. The monoisotopic (exact) mass is 459 g/mol. The molecule has 162 valence electrons. The highest BCUT2D eigenvalue weighted by Crippen LogP contribution is 2.26. The topological polar surface area (TPSA) is 71.5 Å². The van der Waals surface area contributed by atoms with Gasteiger partial charge >= 0.3 is 0 Å². The van der Waals surface area contributed by atoms with Crippen molar-refractivity contribution in [1.29, 1.82) is 0 Å². The molecule has 0 fully saturated rings. The highest BCUT2D eigenvalue weighted by molar-refractivity contribution is 8.04. The first-order valence-corrected chi connectivity index (χ1v) is 12.4. The summed E-state index contributed by atoms with van der Waals surface area (Å²) in [7, 11) is -8.86. The fraction of sp³-hybridized carbons (Fsp3) is 0.130. The predicted octanol–water partition coefficient (Wildman–Crippen LogP) is 4.78. The fourth-order valence-electron chi connectivity index (χ4n) is 2.90. The van der Waals surface area contributed by atoms with Crippen LogP contribution in [0.15, 0.2) is 101 Å². The Morgan fingerprint density at radius 1 is 0.774 bits per heavy atom. The minimum atomic E-state index is -4.43. The van der Waals surface area contributed by atoms with Gasteiger partial charge in [-0.2, -0.15) is 0 Å². The first-order valence-electron chi connectivity index (χ1n) is 9.52. The van der Waals surface area contributed by atoms with Gasteiger partial charge in [0, 0.05) is 13.0 Å². The van der Waals surface area contributed by atoms with Crippen molar-refractivity contribution in [2.45, 2.75) is 23.1 Å². The highest BCUT2D eigenvalue weighted by atomic mass is 32.3. The molecule has 0 N–H and O–H groups in total. The Morgan fingerprint density at radius 2 is 1.23 bits per heavy atom. The van der Waals surface area contributed by atoms with Crippen LogP contribution < -0.4 is 0 Å². The quantitative estimate of drug-likeness (QED) is 0.486. The van der Waals surface area contributed by atoms with Crippen LogP contribution in [0.1, 0.15) is 17.5 Å². The molecule has 0 atom stereocenters. The maximum absolute atomic E-state index is 14.6. The minimum Gasteiger partial charge on any atom is -0.212 e. The van der Waals surface area contributed by atoms with Gasteiger partial charge in [0.05, 0.1) is 9.79 Å². The van der Waals surface area contributed by atoms with Gasteiger partial charge in [-0.25, -0.2) is 21.2 Å². The lowest BCUT2D eigenvalue weighted by molar-refractivity contribution is 0.483. The van der Waals surface area contributed by atoms with Crippen LogP contribution in [-0.2, 0) is 20.0 Å². The number of hydrogen-bond acceptors (Lipinski definition) is 4. The maximum Gasteiger partial charge on any atom is 0.256 e. The SMILES string of the molecule is Cc1ccc(/C=C(/F)CCN(S(=O)(=O)c2ccccc2)S(=O)(=O)c2ccccc2)cc1. The summed E-state index contributed by atoms with van der Waals surface area (Å²) in [6.07, 6.45) is 0.869. The lowest BCUT2D eigenvalue weighted by atomic mass is 10.1. The number of nitrogens with zero attached hydrogens (tertiary/aromatic N) is 1. The summed E-state index contributed by atoms with van der Waals surface area (Å²) in [6.45, 7) is 1.34. The smallest absolute Gasteiger partial charge is 0.212 e. The number of benzene rings is 3. The first kappa shape index (κ1) is 22.9. The number of sulfonamides is 2. The van der Waals surface area contributed by atoms with Crippen molar-refractivity contribution in [3.63, 3.8) is 0 Å². The number of halogens is 1. The van der Waals surface area contributed by atoms with Crippen LogP contribution in [0.5, 0.6) is 0 Å². The molecule has 0 radical (unpaired) electrons. The van der Waals surface area contributed by atoms with E-state index >= 15 is 0 Å². The van der Waals surface area contributed by atoms with E-state index in [1.54, 1.807) is 24.3 Å². The normalized spacial score (nSPS) is 12.8. The fourth-order valence-corrected chi connectivity index (χ4v) is 6.59. The van der Waals surface area contributed by atoms with Crippen LogP contribution >= 0.6 is 0 Å². The van der Waals surface area contributed by atoms with Crippen molar-refractivity contribution in [3.05, 3.63) is 102 Å². The highest BCUT2D eigenvalue weighted by Gasteiger charge is 2.36. The van der Waals surface area contributed by atoms with Gasteiger partial charge in [-0.1, -0.05) is 69.9 Å². The van der Waals surface area contributed by atoms with E-state index in [1.807, 2.05) is 19.1 Å². The first-order chi connectivity index (χ1) is 14.7. The van der Waals surface area contributed by atoms with Crippen LogP contribution in [0.4, 0.5) is 4.39 Å². The third-order valence-corrected chi connectivity index (χ3v) is 8.90. The standard InChI is InChI=1S/C23H22FNO4S2/c1-19-12-14-20(15-13-19)18-21(24)16-17-25(30(26,27)22-8-4-2-5-9-22)31(28,29)23-10-6-3-7-11-23/h2-15,18H,16-17H2,1H3/b21-18+. The van der Waals surface area contributed by atoms with Gasteiger partial charge in [0.1, 0.15) is 5.83 Å². The van der Waals surface area contributed by atoms with Crippen LogP contribution in [0.2, 0.25) is 0 Å². The molecular formula is C23H22FNO4S2. The molecule has 0 aliphatic rings. The molecule has 0 unspecified atom stereocenters. The van der Waals surface area contributed by atoms with E-state index < -0.39 is 38.8 Å². The molecule has 3 aromatic carbocycles. The van der Waals surface area contributed by atoms with Gasteiger partial charge in [0.25, 0.3) is 20.0 Å². The number of rotatable bonds is 8. The zero-order valence-corrected chi connectivity index (χ0v) is 18.5. The molecule has 3 rings (SSSR count). The molecule has 0 aliphatic carbocycles. The summed E-state index contributed by atoms with van der Waals surface area (Å²) in [6, 6.07) is 21.6. The molecule has 5 nitrogen and oxygen atoms in total. The summed E-state index contributed by atoms with van der Waals surface area (Å²) in [4.78, 5) is -0.366. The molecule has 0 heterocycles. The van der Waals surface area contributed by atoms with E-state index in [1.165, 1.54) is 54.6 Å². The second kappa shape index (κ2) is 9.55. The Kier molecular flexibility index (Phi) is 7.04. The zero-order chi connectivity index (χ0) is 22.5. The molecular weight excluding hydrogens is 437 g/mol. The molecule has 0 saturated carbocycles. The van der Waals surface area contributed by atoms with Gasteiger partial charge in [-0.05, 0) is 42.8 Å². The van der Waals surface area contributed by atoms with Gasteiger partial charge in [0.15, 0.2) is 0 Å². The Bertz CT molecular complexity index is 1190. The zero-order valence-electron chi connectivity index (χ0n) is 16.8. The van der Waals surface area contributed by atoms with Gasteiger partial charge in [-0.3, -0.25) is 0 Å². The van der Waals surface area contributed by atoms with Crippen molar-refractivity contribution < 1.29 is 21.2 Å². The van der Waals surface area contributed by atoms with Crippen molar-refractivity contribution in [2.24, 2.45) is 0 Å². The van der Waals surface area contributed by atoms with Crippen LogP contribution in [0.3, 0.4) is 0 Å². The molecule has 0 aliphatic heterocycles. The van der Waals surface area contributed by atoms with Gasteiger partial charge < -0.3 is 0 Å². The van der Waals surface area contributed by atoms with Gasteiger partial charge in [-0.15, -0.1) is 0 Å². The average molecular weight is 460 g/mol. The van der Waals surface area contributed by atoms with Crippen LogP contribution in [0.25, 0.3) is 6.08 Å². The third kappa shape index (κ3) is 5.46. The Balaban J connectivity index is 1.96. The van der Waals surface area contributed by atoms with Crippen molar-refractivity contribution in [3.8, 4) is 0 Å².